The second-order valence-electron chi connectivity index (χ2n) is 9.10. The van der Waals surface area contributed by atoms with Crippen LogP contribution in [0.1, 0.15) is 37.3 Å². The van der Waals surface area contributed by atoms with Gasteiger partial charge in [-0.3, -0.25) is 19.7 Å². The van der Waals surface area contributed by atoms with Crippen LogP contribution in [-0.4, -0.2) is 48.6 Å². The van der Waals surface area contributed by atoms with Gasteiger partial charge >= 0.3 is 6.18 Å². The van der Waals surface area contributed by atoms with E-state index in [1.165, 1.54) is 10.7 Å². The number of nitrogens with zero attached hydrogens (tertiary/aromatic N) is 4. The summed E-state index contributed by atoms with van der Waals surface area (Å²) in [5, 5.41) is 3.03. The van der Waals surface area contributed by atoms with Crippen LogP contribution >= 0.6 is 0 Å². The van der Waals surface area contributed by atoms with E-state index in [2.05, 4.69) is 20.1 Å². The number of aromatic amines is 2. The lowest BCUT2D eigenvalue weighted by molar-refractivity contribution is -0.137. The number of pyridine rings is 1. The molecule has 1 saturated heterocycles. The number of hydrogen-bond donors (Lipinski definition) is 2. The van der Waals surface area contributed by atoms with Crippen LogP contribution in [-0.2, 0) is 17.4 Å². The van der Waals surface area contributed by atoms with Gasteiger partial charge in [0.15, 0.2) is 0 Å². The van der Waals surface area contributed by atoms with E-state index in [0.717, 1.165) is 30.6 Å². The highest BCUT2D eigenvalue weighted by molar-refractivity contribution is 5.76. The first-order valence-corrected chi connectivity index (χ1v) is 11.8. The van der Waals surface area contributed by atoms with Gasteiger partial charge < -0.3 is 9.88 Å². The van der Waals surface area contributed by atoms with Crippen LogP contribution in [0.25, 0.3) is 28.4 Å². The summed E-state index contributed by atoms with van der Waals surface area (Å²) in [5.41, 5.74) is 1.31. The van der Waals surface area contributed by atoms with Gasteiger partial charge in [-0.1, -0.05) is 12.1 Å². The Hall–Kier alpha value is -3.89. The number of hydrogen-bond acceptors (Lipinski definition) is 4. The molecule has 0 unspecified atom stereocenters. The van der Waals surface area contributed by atoms with E-state index >= 15 is 0 Å². The summed E-state index contributed by atoms with van der Waals surface area (Å²) >= 11 is 0. The molecule has 4 heterocycles. The Morgan fingerprint density at radius 1 is 1.14 bits per heavy atom. The summed E-state index contributed by atoms with van der Waals surface area (Å²) in [6, 6.07) is 9.57. The first kappa shape index (κ1) is 23.8. The SMILES string of the molecule is CC(=O)N1CCC(CCc2c(-c3ccc(C(F)(F)F)cn3)[nH]n(-c3nc4ccccc4[nH]3)c2=O)CC1. The smallest absolute Gasteiger partial charge is 0.343 e. The number of nitrogens with one attached hydrogen (secondary N) is 2. The molecule has 0 bridgehead atoms. The van der Waals surface area contributed by atoms with Crippen molar-refractivity contribution in [3.8, 4) is 17.3 Å². The van der Waals surface area contributed by atoms with Crippen molar-refractivity contribution in [3.63, 3.8) is 0 Å². The Kier molecular flexibility index (Phi) is 6.15. The molecule has 1 amide bonds. The molecule has 5 rings (SSSR count). The number of carbonyl (C=O) groups excluding carboxylic acids is 1. The number of carbonyl (C=O) groups is 1. The number of halogens is 3. The molecule has 0 radical (unpaired) electrons. The molecule has 1 aliphatic rings. The standard InChI is InChI=1S/C25H25F3N6O2/c1-15(35)33-12-10-16(11-13-33)6-8-18-22(21-9-7-17(14-29-21)25(26,27)28)32-34(23(18)36)24-30-19-4-2-3-5-20(19)31-24/h2-5,7,9,14,16,32H,6,8,10-13H2,1H3,(H,30,31). The van der Waals surface area contributed by atoms with E-state index in [1.54, 1.807) is 6.92 Å². The van der Waals surface area contributed by atoms with Crippen LogP contribution in [0.4, 0.5) is 13.2 Å². The average molecular weight is 499 g/mol. The third kappa shape index (κ3) is 4.65. The van der Waals surface area contributed by atoms with Crippen molar-refractivity contribution in [2.24, 2.45) is 5.92 Å². The number of piperidine rings is 1. The average Bonchev–Trinajstić information content (AvgIpc) is 3.43. The molecule has 1 aromatic carbocycles. The van der Waals surface area contributed by atoms with Gasteiger partial charge in [-0.2, -0.15) is 17.9 Å². The first-order chi connectivity index (χ1) is 17.2. The lowest BCUT2D eigenvalue weighted by Gasteiger charge is -2.31. The predicted molar refractivity (Wildman–Crippen MR) is 128 cm³/mol. The van der Waals surface area contributed by atoms with Crippen LogP contribution in [0, 0.1) is 5.92 Å². The van der Waals surface area contributed by atoms with E-state index in [9.17, 15) is 22.8 Å². The molecule has 0 spiro atoms. The van der Waals surface area contributed by atoms with Gasteiger partial charge in [0.1, 0.15) is 0 Å². The number of fused-ring (bicyclic) bond motifs is 1. The predicted octanol–water partition coefficient (Wildman–Crippen LogP) is 4.31. The quantitative estimate of drug-likeness (QED) is 0.428. The third-order valence-corrected chi connectivity index (χ3v) is 6.78. The molecule has 1 fully saturated rings. The number of benzene rings is 1. The number of amides is 1. The first-order valence-electron chi connectivity index (χ1n) is 11.8. The van der Waals surface area contributed by atoms with Gasteiger partial charge in [-0.05, 0) is 55.9 Å². The van der Waals surface area contributed by atoms with Crippen molar-refractivity contribution < 1.29 is 18.0 Å². The zero-order chi connectivity index (χ0) is 25.4. The van der Waals surface area contributed by atoms with E-state index in [-0.39, 0.29) is 23.1 Å². The summed E-state index contributed by atoms with van der Waals surface area (Å²) in [5.74, 6) is 0.682. The molecule has 11 heteroatoms. The molecule has 0 aliphatic carbocycles. The monoisotopic (exact) mass is 498 g/mol. The molecular formula is C25H25F3N6O2. The summed E-state index contributed by atoms with van der Waals surface area (Å²) < 4.78 is 40.5. The second kappa shape index (κ2) is 9.29. The Labute approximate surface area is 204 Å². The number of H-pyrrole nitrogens is 2. The van der Waals surface area contributed by atoms with Crippen molar-refractivity contribution in [3.05, 3.63) is 64.1 Å². The minimum atomic E-state index is -4.50. The Bertz CT molecular complexity index is 1410. The van der Waals surface area contributed by atoms with E-state index in [4.69, 9.17) is 0 Å². The number of likely N-dealkylation sites (tertiary alicyclic amines) is 1. The molecule has 2 N–H and O–H groups in total. The van der Waals surface area contributed by atoms with Crippen molar-refractivity contribution >= 4 is 16.9 Å². The topological polar surface area (TPSA) is 99.7 Å². The van der Waals surface area contributed by atoms with Gasteiger partial charge in [0.2, 0.25) is 11.9 Å². The van der Waals surface area contributed by atoms with Crippen LogP contribution < -0.4 is 5.56 Å². The number of imidazole rings is 1. The van der Waals surface area contributed by atoms with E-state index in [1.807, 2.05) is 29.2 Å². The van der Waals surface area contributed by atoms with Crippen LogP contribution in [0.3, 0.4) is 0 Å². The van der Waals surface area contributed by atoms with Crippen LogP contribution in [0.2, 0.25) is 0 Å². The van der Waals surface area contributed by atoms with Gasteiger partial charge in [-0.15, -0.1) is 0 Å². The Morgan fingerprint density at radius 3 is 2.53 bits per heavy atom. The van der Waals surface area contributed by atoms with Gasteiger partial charge in [0.05, 0.1) is 28.0 Å². The molecule has 3 aromatic heterocycles. The fourth-order valence-corrected chi connectivity index (χ4v) is 4.70. The maximum atomic E-state index is 13.5. The fraction of sp³-hybridized carbons (Fsp3) is 0.360. The van der Waals surface area contributed by atoms with E-state index < -0.39 is 11.7 Å². The highest BCUT2D eigenvalue weighted by Gasteiger charge is 2.31. The van der Waals surface area contributed by atoms with Crippen LogP contribution in [0.5, 0.6) is 0 Å². The van der Waals surface area contributed by atoms with Crippen molar-refractivity contribution in [2.45, 2.75) is 38.8 Å². The second-order valence-corrected chi connectivity index (χ2v) is 9.10. The number of alkyl halides is 3. The largest absolute Gasteiger partial charge is 0.417 e. The van der Waals surface area contributed by atoms with Gasteiger partial charge in [0.25, 0.3) is 5.56 Å². The van der Waals surface area contributed by atoms with Gasteiger partial charge in [-0.25, -0.2) is 4.98 Å². The maximum absolute atomic E-state index is 13.5. The minimum Gasteiger partial charge on any atom is -0.343 e. The summed E-state index contributed by atoms with van der Waals surface area (Å²) in [7, 11) is 0. The van der Waals surface area contributed by atoms with Crippen LogP contribution in [0.15, 0.2) is 47.4 Å². The van der Waals surface area contributed by atoms with Gasteiger partial charge in [0, 0.05) is 31.8 Å². The molecule has 188 valence electrons. The molecule has 4 aromatic rings. The highest BCUT2D eigenvalue weighted by Crippen LogP contribution is 2.30. The van der Waals surface area contributed by atoms with E-state index in [0.29, 0.717) is 48.6 Å². The Morgan fingerprint density at radius 2 is 1.89 bits per heavy atom. The zero-order valence-electron chi connectivity index (χ0n) is 19.6. The third-order valence-electron chi connectivity index (χ3n) is 6.78. The van der Waals surface area contributed by atoms with Crippen molar-refractivity contribution in [2.75, 3.05) is 13.1 Å². The lowest BCUT2D eigenvalue weighted by Crippen LogP contribution is -2.37. The lowest BCUT2D eigenvalue weighted by atomic mass is 9.90. The number of para-hydroxylation sites is 2. The number of rotatable bonds is 5. The maximum Gasteiger partial charge on any atom is 0.417 e. The van der Waals surface area contributed by atoms with Crippen molar-refractivity contribution in [1.82, 2.24) is 29.6 Å². The summed E-state index contributed by atoms with van der Waals surface area (Å²) in [6.45, 7) is 2.93. The normalized spacial score (nSPS) is 15.1. The molecule has 36 heavy (non-hydrogen) atoms. The summed E-state index contributed by atoms with van der Waals surface area (Å²) in [4.78, 5) is 38.5. The molecule has 0 atom stereocenters. The molecular weight excluding hydrogens is 473 g/mol. The Balaban J connectivity index is 1.48. The fourth-order valence-electron chi connectivity index (χ4n) is 4.70. The molecule has 8 nitrogen and oxygen atoms in total. The number of aromatic nitrogens is 5. The highest BCUT2D eigenvalue weighted by atomic mass is 19.4. The summed E-state index contributed by atoms with van der Waals surface area (Å²) in [6.07, 6.45) is -0.909. The molecule has 1 aliphatic heterocycles. The molecule has 0 saturated carbocycles. The minimum absolute atomic E-state index is 0.0588. The van der Waals surface area contributed by atoms with Crippen molar-refractivity contribution in [1.29, 1.82) is 0 Å². The zero-order valence-corrected chi connectivity index (χ0v) is 19.6.